The van der Waals surface area contributed by atoms with Gasteiger partial charge in [0.05, 0.1) is 15.9 Å². The Morgan fingerprint density at radius 3 is 2.45 bits per heavy atom. The number of rotatable bonds is 2. The van der Waals surface area contributed by atoms with Crippen LogP contribution in [-0.2, 0) is 0 Å². The molecule has 0 fully saturated rings. The summed E-state index contributed by atoms with van der Waals surface area (Å²) in [4.78, 5) is 4.67. The van der Waals surface area contributed by atoms with Crippen LogP contribution in [0, 0.1) is 6.92 Å². The molecule has 0 radical (unpaired) electrons. The van der Waals surface area contributed by atoms with E-state index in [2.05, 4.69) is 83.2 Å². The van der Waals surface area contributed by atoms with Gasteiger partial charge in [-0.2, -0.15) is 0 Å². The molecule has 0 aliphatic heterocycles. The third-order valence-corrected chi connectivity index (χ3v) is 5.50. The molecule has 0 amide bonds. The van der Waals surface area contributed by atoms with Gasteiger partial charge in [0, 0.05) is 13.4 Å². The first kappa shape index (κ1) is 14.5. The van der Waals surface area contributed by atoms with Gasteiger partial charge < -0.3 is 5.32 Å². The number of hydrogen-bond acceptors (Lipinski definition) is 3. The number of nitrogens with one attached hydrogen (secondary N) is 1. The van der Waals surface area contributed by atoms with E-state index in [9.17, 15) is 0 Å². The lowest BCUT2D eigenvalue weighted by Crippen LogP contribution is -1.92. The second-order valence-corrected chi connectivity index (χ2v) is 7.97. The molecular weight excluding hydrogens is 468 g/mol. The molecule has 0 spiro atoms. The van der Waals surface area contributed by atoms with E-state index in [0.717, 1.165) is 29.8 Å². The molecule has 1 N–H and O–H groups in total. The van der Waals surface area contributed by atoms with Gasteiger partial charge in [0.15, 0.2) is 5.13 Å². The first-order valence-corrected chi connectivity index (χ1v) is 9.02. The molecule has 0 saturated heterocycles. The Kier molecular flexibility index (Phi) is 4.17. The molecule has 0 aliphatic carbocycles. The van der Waals surface area contributed by atoms with E-state index >= 15 is 0 Å². The van der Waals surface area contributed by atoms with E-state index in [1.54, 1.807) is 11.3 Å². The van der Waals surface area contributed by atoms with Crippen LogP contribution in [0.5, 0.6) is 0 Å². The fourth-order valence-corrected chi connectivity index (χ4v) is 5.31. The van der Waals surface area contributed by atoms with Crippen molar-refractivity contribution in [1.82, 2.24) is 4.98 Å². The van der Waals surface area contributed by atoms with Crippen LogP contribution in [0.3, 0.4) is 0 Å². The predicted octanol–water partition coefficient (Wildman–Crippen LogP) is 6.64. The Labute approximate surface area is 146 Å². The highest BCUT2D eigenvalue weighted by Gasteiger charge is 2.11. The van der Waals surface area contributed by atoms with Crippen molar-refractivity contribution < 1.29 is 0 Å². The Morgan fingerprint density at radius 1 is 1.10 bits per heavy atom. The lowest BCUT2D eigenvalue weighted by atomic mass is 10.2. The summed E-state index contributed by atoms with van der Waals surface area (Å²) in [5, 5.41) is 4.26. The number of benzene rings is 2. The zero-order valence-corrected chi connectivity index (χ0v) is 16.0. The average Bonchev–Trinajstić information content (AvgIpc) is 2.78. The molecule has 102 valence electrons. The van der Waals surface area contributed by atoms with Gasteiger partial charge in [-0.3, -0.25) is 0 Å². The fourth-order valence-electron chi connectivity index (χ4n) is 1.91. The van der Waals surface area contributed by atoms with Crippen LogP contribution in [0.2, 0.25) is 0 Å². The summed E-state index contributed by atoms with van der Waals surface area (Å²) in [6.07, 6.45) is 0. The zero-order chi connectivity index (χ0) is 14.3. The predicted molar refractivity (Wildman–Crippen MR) is 97.2 cm³/mol. The minimum Gasteiger partial charge on any atom is -0.330 e. The monoisotopic (exact) mass is 474 g/mol. The molecule has 20 heavy (non-hydrogen) atoms. The SMILES string of the molecule is Cc1cccc2sc(Nc3c(Br)cc(Br)cc3Br)nc12. The van der Waals surface area contributed by atoms with Gasteiger partial charge in [-0.25, -0.2) is 4.98 Å². The smallest absolute Gasteiger partial charge is 0.188 e. The lowest BCUT2D eigenvalue weighted by Gasteiger charge is -2.08. The highest BCUT2D eigenvalue weighted by atomic mass is 79.9. The maximum absolute atomic E-state index is 4.67. The third kappa shape index (κ3) is 2.79. The maximum atomic E-state index is 4.67. The molecule has 6 heteroatoms. The van der Waals surface area contributed by atoms with Crippen LogP contribution in [0.15, 0.2) is 43.7 Å². The number of anilines is 2. The largest absolute Gasteiger partial charge is 0.330 e. The maximum Gasteiger partial charge on any atom is 0.188 e. The van der Waals surface area contributed by atoms with E-state index in [-0.39, 0.29) is 0 Å². The van der Waals surface area contributed by atoms with Crippen LogP contribution in [-0.4, -0.2) is 4.98 Å². The number of para-hydroxylation sites is 1. The Morgan fingerprint density at radius 2 is 1.80 bits per heavy atom. The first-order chi connectivity index (χ1) is 9.54. The summed E-state index contributed by atoms with van der Waals surface area (Å²) in [6.45, 7) is 2.08. The highest BCUT2D eigenvalue weighted by Crippen LogP contribution is 2.38. The van der Waals surface area contributed by atoms with Crippen LogP contribution in [0.25, 0.3) is 10.2 Å². The number of aromatic nitrogens is 1. The Bertz CT molecular complexity index is 775. The van der Waals surface area contributed by atoms with Crippen LogP contribution >= 0.6 is 59.1 Å². The summed E-state index contributed by atoms with van der Waals surface area (Å²) in [5.74, 6) is 0. The van der Waals surface area contributed by atoms with E-state index in [1.807, 2.05) is 12.1 Å². The van der Waals surface area contributed by atoms with Crippen molar-refractivity contribution in [2.24, 2.45) is 0 Å². The summed E-state index contributed by atoms with van der Waals surface area (Å²) in [6, 6.07) is 10.2. The van der Waals surface area contributed by atoms with Crippen molar-refractivity contribution >= 4 is 80.2 Å². The second-order valence-electron chi connectivity index (χ2n) is 4.31. The normalized spacial score (nSPS) is 11.0. The molecule has 0 saturated carbocycles. The van der Waals surface area contributed by atoms with E-state index in [0.29, 0.717) is 0 Å². The molecule has 0 unspecified atom stereocenters. The fraction of sp³-hybridized carbons (Fsp3) is 0.0714. The van der Waals surface area contributed by atoms with Gasteiger partial charge in [0.2, 0.25) is 0 Å². The summed E-state index contributed by atoms with van der Waals surface area (Å²) < 4.78 is 4.17. The summed E-state index contributed by atoms with van der Waals surface area (Å²) in [7, 11) is 0. The van der Waals surface area contributed by atoms with Gasteiger partial charge in [-0.05, 0) is 62.5 Å². The molecule has 3 rings (SSSR count). The third-order valence-electron chi connectivity index (χ3n) is 2.86. The lowest BCUT2D eigenvalue weighted by molar-refractivity contribution is 1.39. The van der Waals surface area contributed by atoms with E-state index in [1.165, 1.54) is 10.3 Å². The molecule has 1 aromatic heterocycles. The van der Waals surface area contributed by atoms with Crippen molar-refractivity contribution in [1.29, 1.82) is 0 Å². The van der Waals surface area contributed by atoms with Crippen molar-refractivity contribution in [3.63, 3.8) is 0 Å². The van der Waals surface area contributed by atoms with Gasteiger partial charge in [-0.1, -0.05) is 39.4 Å². The van der Waals surface area contributed by atoms with Gasteiger partial charge in [0.25, 0.3) is 0 Å². The topological polar surface area (TPSA) is 24.9 Å². The van der Waals surface area contributed by atoms with Crippen LogP contribution in [0.1, 0.15) is 5.56 Å². The minimum absolute atomic E-state index is 0.887. The van der Waals surface area contributed by atoms with Crippen molar-refractivity contribution in [3.05, 3.63) is 49.3 Å². The minimum atomic E-state index is 0.887. The molecule has 0 atom stereocenters. The average molecular weight is 477 g/mol. The Hall–Kier alpha value is -0.430. The van der Waals surface area contributed by atoms with Crippen LogP contribution < -0.4 is 5.32 Å². The quantitative estimate of drug-likeness (QED) is 0.448. The van der Waals surface area contributed by atoms with Crippen molar-refractivity contribution in [3.8, 4) is 0 Å². The molecule has 0 bridgehead atoms. The zero-order valence-electron chi connectivity index (χ0n) is 10.4. The number of nitrogens with zero attached hydrogens (tertiary/aromatic N) is 1. The summed E-state index contributed by atoms with van der Waals surface area (Å²) >= 11 is 12.3. The number of hydrogen-bond donors (Lipinski definition) is 1. The number of thiazole rings is 1. The van der Waals surface area contributed by atoms with E-state index < -0.39 is 0 Å². The molecule has 1 heterocycles. The first-order valence-electron chi connectivity index (χ1n) is 5.82. The number of aryl methyl sites for hydroxylation is 1. The van der Waals surface area contributed by atoms with Crippen molar-refractivity contribution in [2.45, 2.75) is 6.92 Å². The van der Waals surface area contributed by atoms with Crippen LogP contribution in [0.4, 0.5) is 10.8 Å². The molecular formula is C14H9Br3N2S. The van der Waals surface area contributed by atoms with Gasteiger partial charge in [-0.15, -0.1) is 0 Å². The van der Waals surface area contributed by atoms with Gasteiger partial charge >= 0.3 is 0 Å². The molecule has 2 aromatic carbocycles. The second kappa shape index (κ2) is 5.75. The molecule has 3 aromatic rings. The number of fused-ring (bicyclic) bond motifs is 1. The van der Waals surface area contributed by atoms with E-state index in [4.69, 9.17) is 0 Å². The van der Waals surface area contributed by atoms with Crippen molar-refractivity contribution in [2.75, 3.05) is 5.32 Å². The Balaban J connectivity index is 2.04. The number of halogens is 3. The molecule has 2 nitrogen and oxygen atoms in total. The van der Waals surface area contributed by atoms with Gasteiger partial charge in [0.1, 0.15) is 0 Å². The summed E-state index contributed by atoms with van der Waals surface area (Å²) in [5.41, 5.74) is 3.23. The standard InChI is InChI=1S/C14H9Br3N2S/c1-7-3-2-4-11-12(7)18-14(20-11)19-13-9(16)5-8(15)6-10(13)17/h2-6H,1H3,(H,18,19). The highest BCUT2D eigenvalue weighted by molar-refractivity contribution is 9.11. The molecule has 0 aliphatic rings.